The van der Waals surface area contributed by atoms with E-state index in [2.05, 4.69) is 82.7 Å². The quantitative estimate of drug-likeness (QED) is 0.265. The van der Waals surface area contributed by atoms with Crippen LogP contribution in [0.2, 0.25) is 43.3 Å². The first kappa shape index (κ1) is 11.2. The summed E-state index contributed by atoms with van der Waals surface area (Å²) in [5.74, 6) is 0. The van der Waals surface area contributed by atoms with Crippen molar-refractivity contribution in [1.82, 2.24) is 0 Å². The fourth-order valence-corrected chi connectivity index (χ4v) is 126. The molecule has 0 nitrogen and oxygen atoms in total. The van der Waals surface area contributed by atoms with Gasteiger partial charge in [-0.1, -0.05) is 0 Å². The molecule has 2 aromatic rings. The van der Waals surface area contributed by atoms with E-state index in [4.69, 9.17) is 0 Å². The topological polar surface area (TPSA) is 0 Å². The molecule has 1 spiro atoms. The van der Waals surface area contributed by atoms with Gasteiger partial charge in [-0.05, 0) is 0 Å². The molecule has 0 saturated carbocycles. The second-order valence-corrected chi connectivity index (χ2v) is 44.2. The standard InChI is InChI=1S/C17H14IP.C5H5.Fe/c18-19(17-13-7-8-14-17,15-9-3-1-4-10-15)16-11-5-2-6-12-16;1-2-4-5-3-1;/h1-14H;1-5H;. The molecule has 0 aliphatic carbocycles. The van der Waals surface area contributed by atoms with E-state index in [1.54, 1.807) is 10.6 Å². The van der Waals surface area contributed by atoms with E-state index in [9.17, 15) is 0 Å². The van der Waals surface area contributed by atoms with Gasteiger partial charge >= 0.3 is 152 Å². The molecule has 0 bridgehead atoms. The third kappa shape index (κ3) is 0.189. The Morgan fingerprint density at radius 2 is 1.04 bits per heavy atom. The fraction of sp³-hybridized carbons (Fsp3) is 0.455. The van der Waals surface area contributed by atoms with Crippen LogP contribution in [0.3, 0.4) is 0 Å². The summed E-state index contributed by atoms with van der Waals surface area (Å²) in [7, 11) is 0. The second-order valence-electron chi connectivity index (χ2n) is 12.9. The van der Waals surface area contributed by atoms with E-state index >= 15 is 0 Å². The molecular formula is C22H19FeIP. The average Bonchev–Trinajstić information content (AvgIpc) is 3.62. The first-order valence-corrected chi connectivity index (χ1v) is 20.8. The molecule has 10 aliphatic rings. The molecule has 127 valence electrons. The zero-order chi connectivity index (χ0) is 15.7. The van der Waals surface area contributed by atoms with Crippen LogP contribution in [-0.2, 0) is 6.51 Å². The van der Waals surface area contributed by atoms with Gasteiger partial charge in [-0.25, -0.2) is 0 Å². The van der Waals surface area contributed by atoms with Gasteiger partial charge in [0, 0.05) is 0 Å². The molecule has 0 amide bonds. The molecule has 4 atom stereocenters. The number of rotatable bonds is 3. The number of halogens is 1. The van der Waals surface area contributed by atoms with Crippen LogP contribution in [0.4, 0.5) is 0 Å². The zero-order valence-corrected chi connectivity index (χ0v) is 17.8. The number of fused-ring (bicyclic) bond motifs is 10. The third-order valence-corrected chi connectivity index (χ3v) is 74.7. The van der Waals surface area contributed by atoms with Crippen molar-refractivity contribution >= 4 is 37.6 Å². The van der Waals surface area contributed by atoms with Crippen molar-refractivity contribution in [2.24, 2.45) is 0 Å². The van der Waals surface area contributed by atoms with Crippen molar-refractivity contribution in [2.75, 3.05) is 0 Å². The van der Waals surface area contributed by atoms with Gasteiger partial charge < -0.3 is 0 Å². The normalized spacial score (nSPS) is 85.2. The monoisotopic (exact) mass is 497 g/mol. The van der Waals surface area contributed by atoms with Gasteiger partial charge in [0.15, 0.2) is 0 Å². The molecule has 3 heteroatoms. The molecule has 4 unspecified atom stereocenters. The van der Waals surface area contributed by atoms with Crippen LogP contribution in [0.5, 0.6) is 0 Å². The van der Waals surface area contributed by atoms with E-state index < -0.39 is 11.4 Å². The summed E-state index contributed by atoms with van der Waals surface area (Å²) in [6.07, 6.45) is 0. The van der Waals surface area contributed by atoms with Crippen molar-refractivity contribution in [2.45, 2.75) is 47.4 Å². The Bertz CT molecular complexity index is 1370. The summed E-state index contributed by atoms with van der Waals surface area (Å²) in [4.78, 5) is 11.4. The Balaban J connectivity index is 1.34. The van der Waals surface area contributed by atoms with Gasteiger partial charge in [0.1, 0.15) is 0 Å². The molecular weight excluding hydrogens is 478 g/mol. The molecule has 0 aromatic heterocycles. The van der Waals surface area contributed by atoms with E-state index in [0.717, 1.165) is 4.05 Å². The van der Waals surface area contributed by atoms with Gasteiger partial charge in [0.2, 0.25) is 0 Å². The molecule has 10 aliphatic heterocycles. The predicted octanol–water partition coefficient (Wildman–Crippen LogP) is 6.30. The summed E-state index contributed by atoms with van der Waals surface area (Å²) < 4.78 is 0.954. The Hall–Kier alpha value is 0.119. The number of hydrogen-bond acceptors (Lipinski definition) is 0. The summed E-state index contributed by atoms with van der Waals surface area (Å²) in [5, 5.41) is 3.52. The van der Waals surface area contributed by atoms with Crippen LogP contribution in [0.15, 0.2) is 60.7 Å². The van der Waals surface area contributed by atoms with Crippen LogP contribution < -0.4 is 10.6 Å². The Morgan fingerprint density at radius 3 is 1.32 bits per heavy atom. The number of hydrogen-bond donors (Lipinski definition) is 0. The van der Waals surface area contributed by atoms with Crippen LogP contribution in [0.25, 0.3) is 0 Å². The summed E-state index contributed by atoms with van der Waals surface area (Å²) in [6, 6.07) is 23.9. The number of benzene rings is 2. The first-order chi connectivity index (χ1) is 12.0. The van der Waals surface area contributed by atoms with Crippen molar-refractivity contribution in [3.63, 3.8) is 0 Å². The molecule has 2 aromatic carbocycles. The van der Waals surface area contributed by atoms with Crippen LogP contribution in [0, 0.1) is 0 Å². The van der Waals surface area contributed by atoms with Gasteiger partial charge in [0.25, 0.3) is 0 Å². The summed E-state index contributed by atoms with van der Waals surface area (Å²) in [5.41, 5.74) is 0. The maximum absolute atomic E-state index is 3.13. The summed E-state index contributed by atoms with van der Waals surface area (Å²) in [6.45, 7) is -3.13. The molecule has 0 N–H and O–H groups in total. The Kier molecular flexibility index (Phi) is 0.576. The maximum atomic E-state index is 3.13. The Morgan fingerprint density at radius 1 is 0.640 bits per heavy atom. The van der Waals surface area contributed by atoms with Gasteiger partial charge in [-0.15, -0.1) is 0 Å². The predicted molar refractivity (Wildman–Crippen MR) is 110 cm³/mol. The molecule has 10 fully saturated rings. The van der Waals surface area contributed by atoms with Crippen molar-refractivity contribution in [3.05, 3.63) is 60.7 Å². The summed E-state index contributed by atoms with van der Waals surface area (Å²) >= 11 is 3.13. The van der Waals surface area contributed by atoms with Crippen molar-refractivity contribution < 1.29 is 6.51 Å². The van der Waals surface area contributed by atoms with E-state index in [1.165, 1.54) is 43.3 Å². The van der Waals surface area contributed by atoms with Crippen LogP contribution in [0.1, 0.15) is 0 Å². The molecule has 10 heterocycles. The molecule has 1 radical (unpaired) electrons. The van der Waals surface area contributed by atoms with Gasteiger partial charge in [0.05, 0.1) is 0 Å². The zero-order valence-electron chi connectivity index (χ0n) is 13.6. The van der Waals surface area contributed by atoms with Gasteiger partial charge in [-0.3, -0.25) is 0 Å². The van der Waals surface area contributed by atoms with Crippen LogP contribution >= 0.6 is 26.9 Å². The molecule has 25 heavy (non-hydrogen) atoms. The van der Waals surface area contributed by atoms with E-state index in [-0.39, 0.29) is 0 Å². The first-order valence-electron chi connectivity index (χ1n) is 9.92. The van der Waals surface area contributed by atoms with Crippen LogP contribution in [-0.4, -0.2) is 4.05 Å². The molecule has 10 saturated heterocycles. The minimum atomic E-state index is -3.13. The third-order valence-electron chi connectivity index (χ3n) is 17.3. The fourth-order valence-electron chi connectivity index (χ4n) is 18.7. The molecule has 12 rings (SSSR count). The van der Waals surface area contributed by atoms with E-state index in [1.807, 2.05) is 0 Å². The van der Waals surface area contributed by atoms with Gasteiger partial charge in [-0.2, -0.15) is 0 Å². The Labute approximate surface area is 151 Å². The van der Waals surface area contributed by atoms with Crippen molar-refractivity contribution in [3.8, 4) is 0 Å². The minimum absolute atomic E-state index is 0.954. The van der Waals surface area contributed by atoms with E-state index in [0.29, 0.717) is 0 Å². The second kappa shape index (κ2) is 1.29. The average molecular weight is 497 g/mol. The van der Waals surface area contributed by atoms with Crippen molar-refractivity contribution in [1.29, 1.82) is 0 Å². The SMILES string of the molecule is I[P](c1ccccc1)(c1ccccc1)[C]12[CH]3[CH]4[CH]5[CH]1[Fe]45321678[CH]2[CH]1[CH]6[CH]7[CH]28.